The van der Waals surface area contributed by atoms with E-state index in [-0.39, 0.29) is 0 Å². The molecule has 0 saturated heterocycles. The Morgan fingerprint density at radius 1 is 1.00 bits per heavy atom. The van der Waals surface area contributed by atoms with Gasteiger partial charge in [0.2, 0.25) is 0 Å². The Morgan fingerprint density at radius 3 is 2.38 bits per heavy atom. The van der Waals surface area contributed by atoms with Crippen LogP contribution in [0.3, 0.4) is 0 Å². The largest absolute Gasteiger partial charge is 0.495 e. The van der Waals surface area contributed by atoms with E-state index in [1.54, 1.807) is 13.2 Å². The Balaban J connectivity index is 1.90. The maximum absolute atomic E-state index is 6.11. The van der Waals surface area contributed by atoms with Crippen LogP contribution in [0.15, 0.2) is 36.4 Å². The van der Waals surface area contributed by atoms with Crippen molar-refractivity contribution in [2.24, 2.45) is 0 Å². The van der Waals surface area contributed by atoms with Gasteiger partial charge in [0.1, 0.15) is 5.75 Å². The van der Waals surface area contributed by atoms with Crippen LogP contribution in [0.4, 0.5) is 0 Å². The molecule has 0 aliphatic heterocycles. The predicted octanol–water partition coefficient (Wildman–Crippen LogP) is 4.99. The Labute approximate surface area is 140 Å². The van der Waals surface area contributed by atoms with Crippen LogP contribution in [0.1, 0.15) is 11.1 Å². The molecule has 2 aromatic rings. The van der Waals surface area contributed by atoms with E-state index in [9.17, 15) is 0 Å². The average molecular weight is 345 g/mol. The van der Waals surface area contributed by atoms with E-state index in [1.165, 1.54) is 5.56 Å². The summed E-state index contributed by atoms with van der Waals surface area (Å²) in [5.74, 6) is 0.667. The van der Waals surface area contributed by atoms with Crippen LogP contribution < -0.4 is 10.1 Å². The van der Waals surface area contributed by atoms with Crippen LogP contribution in [0.5, 0.6) is 5.75 Å². The molecule has 0 spiro atoms. The van der Waals surface area contributed by atoms with Gasteiger partial charge in [0.25, 0.3) is 0 Å². The van der Waals surface area contributed by atoms with E-state index in [0.29, 0.717) is 22.3 Å². The van der Waals surface area contributed by atoms with Crippen LogP contribution in [-0.4, -0.2) is 13.7 Å². The minimum absolute atomic E-state index is 0.527. The number of hydrogen-bond acceptors (Lipinski definition) is 2. The zero-order valence-electron chi connectivity index (χ0n) is 11.6. The van der Waals surface area contributed by atoms with Gasteiger partial charge in [-0.1, -0.05) is 46.9 Å². The number of benzene rings is 2. The van der Waals surface area contributed by atoms with Crippen LogP contribution in [0.2, 0.25) is 15.1 Å². The molecular formula is C16H16Cl3NO. The number of ether oxygens (including phenoxy) is 1. The smallest absolute Gasteiger partial charge is 0.142 e. The fourth-order valence-electron chi connectivity index (χ4n) is 2.08. The molecule has 1 N–H and O–H groups in total. The first-order valence-corrected chi connectivity index (χ1v) is 7.70. The van der Waals surface area contributed by atoms with E-state index in [2.05, 4.69) is 5.32 Å². The van der Waals surface area contributed by atoms with Crippen molar-refractivity contribution in [1.29, 1.82) is 0 Å². The lowest BCUT2D eigenvalue weighted by molar-refractivity contribution is 0.408. The van der Waals surface area contributed by atoms with Crippen molar-refractivity contribution in [2.45, 2.75) is 13.0 Å². The van der Waals surface area contributed by atoms with Crippen LogP contribution in [0.25, 0.3) is 0 Å². The first-order chi connectivity index (χ1) is 10.1. The highest BCUT2D eigenvalue weighted by molar-refractivity contribution is 6.35. The molecule has 0 radical (unpaired) electrons. The molecule has 21 heavy (non-hydrogen) atoms. The quantitative estimate of drug-likeness (QED) is 0.746. The Kier molecular flexibility index (Phi) is 6.19. The van der Waals surface area contributed by atoms with E-state index < -0.39 is 0 Å². The highest BCUT2D eigenvalue weighted by atomic mass is 35.5. The summed E-state index contributed by atoms with van der Waals surface area (Å²) in [4.78, 5) is 0. The molecule has 2 nitrogen and oxygen atoms in total. The van der Waals surface area contributed by atoms with Crippen molar-refractivity contribution in [3.05, 3.63) is 62.6 Å². The summed E-state index contributed by atoms with van der Waals surface area (Å²) in [5.41, 5.74) is 2.19. The van der Waals surface area contributed by atoms with Gasteiger partial charge in [-0.3, -0.25) is 0 Å². The zero-order chi connectivity index (χ0) is 15.2. The summed E-state index contributed by atoms with van der Waals surface area (Å²) < 4.78 is 5.31. The first-order valence-electron chi connectivity index (χ1n) is 6.57. The molecule has 0 unspecified atom stereocenters. The number of nitrogens with one attached hydrogen (secondary N) is 1. The average Bonchev–Trinajstić information content (AvgIpc) is 2.45. The summed E-state index contributed by atoms with van der Waals surface area (Å²) >= 11 is 18.0. The summed E-state index contributed by atoms with van der Waals surface area (Å²) in [5, 5.41) is 5.25. The Morgan fingerprint density at radius 2 is 1.71 bits per heavy atom. The number of hydrogen-bond donors (Lipinski definition) is 1. The standard InChI is InChI=1S/C16H16Cl3NO/c1-21-16-12(8-14(18)9-15(16)19)10-20-7-6-11-2-4-13(17)5-3-11/h2-5,8-9,20H,6-7,10H2,1H3. The third-order valence-electron chi connectivity index (χ3n) is 3.11. The molecule has 0 bridgehead atoms. The van der Waals surface area contributed by atoms with Gasteiger partial charge in [-0.05, 0) is 42.8 Å². The minimum Gasteiger partial charge on any atom is -0.495 e. The third kappa shape index (κ3) is 4.79. The second-order valence-corrected chi connectivity index (χ2v) is 5.91. The van der Waals surface area contributed by atoms with Gasteiger partial charge in [-0.2, -0.15) is 0 Å². The molecule has 5 heteroatoms. The molecule has 0 atom stereocenters. The van der Waals surface area contributed by atoms with Gasteiger partial charge >= 0.3 is 0 Å². The molecule has 0 aliphatic rings. The maximum atomic E-state index is 6.11. The Hall–Kier alpha value is -0.930. The molecule has 2 aromatic carbocycles. The minimum atomic E-state index is 0.527. The van der Waals surface area contributed by atoms with Crippen molar-refractivity contribution in [1.82, 2.24) is 5.32 Å². The zero-order valence-corrected chi connectivity index (χ0v) is 13.9. The molecule has 2 rings (SSSR count). The number of methoxy groups -OCH3 is 1. The van der Waals surface area contributed by atoms with Crippen LogP contribution in [0, 0.1) is 0 Å². The van der Waals surface area contributed by atoms with Crippen LogP contribution >= 0.6 is 34.8 Å². The maximum Gasteiger partial charge on any atom is 0.142 e. The van der Waals surface area contributed by atoms with E-state index in [1.807, 2.05) is 30.3 Å². The summed E-state index contributed by atoms with van der Waals surface area (Å²) in [6.45, 7) is 1.49. The van der Waals surface area contributed by atoms with Crippen LogP contribution in [-0.2, 0) is 13.0 Å². The monoisotopic (exact) mass is 343 g/mol. The molecule has 0 heterocycles. The van der Waals surface area contributed by atoms with Gasteiger partial charge in [-0.15, -0.1) is 0 Å². The third-order valence-corrected chi connectivity index (χ3v) is 3.86. The van der Waals surface area contributed by atoms with Gasteiger partial charge in [0.15, 0.2) is 0 Å². The highest BCUT2D eigenvalue weighted by Gasteiger charge is 2.09. The summed E-state index contributed by atoms with van der Waals surface area (Å²) in [6.07, 6.45) is 0.924. The van der Waals surface area contributed by atoms with Crippen molar-refractivity contribution in [2.75, 3.05) is 13.7 Å². The summed E-state index contributed by atoms with van der Waals surface area (Å²) in [7, 11) is 1.60. The molecule has 112 valence electrons. The highest BCUT2D eigenvalue weighted by Crippen LogP contribution is 2.32. The van der Waals surface area contributed by atoms with Gasteiger partial charge in [0, 0.05) is 22.2 Å². The number of halogens is 3. The molecule has 0 aliphatic carbocycles. The SMILES string of the molecule is COc1c(Cl)cc(Cl)cc1CNCCc1ccc(Cl)cc1. The van der Waals surface area contributed by atoms with E-state index in [4.69, 9.17) is 39.5 Å². The van der Waals surface area contributed by atoms with Crippen molar-refractivity contribution >= 4 is 34.8 Å². The molecule has 0 saturated carbocycles. The topological polar surface area (TPSA) is 21.3 Å². The van der Waals surface area contributed by atoms with Gasteiger partial charge in [-0.25, -0.2) is 0 Å². The second-order valence-electron chi connectivity index (χ2n) is 4.63. The normalized spacial score (nSPS) is 10.7. The first kappa shape index (κ1) is 16.4. The lowest BCUT2D eigenvalue weighted by Crippen LogP contribution is -2.17. The van der Waals surface area contributed by atoms with E-state index in [0.717, 1.165) is 23.6 Å². The molecular weight excluding hydrogens is 329 g/mol. The molecule has 0 amide bonds. The molecule has 0 fully saturated rings. The van der Waals surface area contributed by atoms with Crippen molar-refractivity contribution < 1.29 is 4.74 Å². The van der Waals surface area contributed by atoms with Gasteiger partial charge < -0.3 is 10.1 Å². The van der Waals surface area contributed by atoms with E-state index >= 15 is 0 Å². The number of rotatable bonds is 6. The lowest BCUT2D eigenvalue weighted by Gasteiger charge is -2.12. The van der Waals surface area contributed by atoms with Gasteiger partial charge in [0.05, 0.1) is 12.1 Å². The fraction of sp³-hybridized carbons (Fsp3) is 0.250. The Bertz CT molecular complexity index is 599. The van der Waals surface area contributed by atoms with Crippen molar-refractivity contribution in [3.63, 3.8) is 0 Å². The fourth-order valence-corrected chi connectivity index (χ4v) is 2.82. The lowest BCUT2D eigenvalue weighted by atomic mass is 10.1. The summed E-state index contributed by atoms with van der Waals surface area (Å²) in [6, 6.07) is 11.4. The predicted molar refractivity (Wildman–Crippen MR) is 89.9 cm³/mol. The second kappa shape index (κ2) is 7.90. The molecule has 0 aromatic heterocycles. The van der Waals surface area contributed by atoms with Crippen molar-refractivity contribution in [3.8, 4) is 5.75 Å².